The Hall–Kier alpha value is -3.68. The van der Waals surface area contributed by atoms with E-state index < -0.39 is 12.1 Å². The maximum Gasteiger partial charge on any atom is 0.319 e. The van der Waals surface area contributed by atoms with Crippen LogP contribution >= 0.6 is 0 Å². The number of urea groups is 1. The van der Waals surface area contributed by atoms with Crippen LogP contribution in [0, 0.1) is 0 Å². The number of rotatable bonds is 6. The zero-order valence-electron chi connectivity index (χ0n) is 16.7. The zero-order chi connectivity index (χ0) is 21.0. The van der Waals surface area contributed by atoms with E-state index in [2.05, 4.69) is 16.0 Å². The second-order valence-corrected chi connectivity index (χ2v) is 6.31. The van der Waals surface area contributed by atoms with Crippen LogP contribution in [0.5, 0.6) is 17.2 Å². The minimum absolute atomic E-state index is 0.349. The molecule has 8 nitrogen and oxygen atoms in total. The third-order valence-corrected chi connectivity index (χ3v) is 4.61. The fourth-order valence-electron chi connectivity index (χ4n) is 3.30. The van der Waals surface area contributed by atoms with Crippen LogP contribution in [-0.2, 0) is 4.79 Å². The van der Waals surface area contributed by atoms with Gasteiger partial charge in [0.1, 0.15) is 5.75 Å². The molecule has 0 radical (unpaired) electrons. The Kier molecular flexibility index (Phi) is 5.92. The first-order valence-electron chi connectivity index (χ1n) is 8.93. The van der Waals surface area contributed by atoms with Crippen molar-refractivity contribution >= 4 is 17.6 Å². The van der Waals surface area contributed by atoms with Gasteiger partial charge < -0.3 is 30.2 Å². The third-order valence-electron chi connectivity index (χ3n) is 4.61. The minimum atomic E-state index is -0.733. The predicted molar refractivity (Wildman–Crippen MR) is 108 cm³/mol. The van der Waals surface area contributed by atoms with E-state index in [1.807, 2.05) is 6.07 Å². The maximum absolute atomic E-state index is 13.2. The van der Waals surface area contributed by atoms with E-state index >= 15 is 0 Å². The molecular weight excluding hydrogens is 374 g/mol. The summed E-state index contributed by atoms with van der Waals surface area (Å²) in [6, 6.07) is 11.2. The number of hydrogen-bond donors (Lipinski definition) is 3. The molecule has 0 aromatic heterocycles. The smallest absolute Gasteiger partial charge is 0.319 e. The molecule has 1 aliphatic rings. The number of anilines is 1. The van der Waals surface area contributed by atoms with Crippen molar-refractivity contribution in [3.63, 3.8) is 0 Å². The average molecular weight is 397 g/mol. The van der Waals surface area contributed by atoms with Crippen LogP contribution in [0.3, 0.4) is 0 Å². The molecule has 0 aliphatic carbocycles. The molecule has 1 heterocycles. The summed E-state index contributed by atoms with van der Waals surface area (Å²) in [7, 11) is 4.57. The lowest BCUT2D eigenvalue weighted by atomic mass is 9.93. The van der Waals surface area contributed by atoms with Crippen molar-refractivity contribution in [2.24, 2.45) is 0 Å². The van der Waals surface area contributed by atoms with E-state index in [-0.39, 0.29) is 5.91 Å². The molecule has 0 bridgehead atoms. The van der Waals surface area contributed by atoms with Crippen molar-refractivity contribution in [3.05, 3.63) is 59.3 Å². The molecular formula is C21H23N3O5. The number of para-hydroxylation sites is 3. The predicted octanol–water partition coefficient (Wildman–Crippen LogP) is 2.98. The highest BCUT2D eigenvalue weighted by Crippen LogP contribution is 2.39. The number of carbonyl (C=O) groups is 2. The van der Waals surface area contributed by atoms with Gasteiger partial charge in [0.15, 0.2) is 11.5 Å². The summed E-state index contributed by atoms with van der Waals surface area (Å²) in [6.45, 7) is 1.68. The van der Waals surface area contributed by atoms with Gasteiger partial charge in [0.2, 0.25) is 0 Å². The first-order chi connectivity index (χ1) is 14.0. The molecule has 1 atom stereocenters. The van der Waals surface area contributed by atoms with Gasteiger partial charge >= 0.3 is 6.03 Å². The minimum Gasteiger partial charge on any atom is -0.495 e. The van der Waals surface area contributed by atoms with E-state index in [0.29, 0.717) is 39.8 Å². The number of allylic oxidation sites excluding steroid dienone is 1. The van der Waals surface area contributed by atoms with Crippen LogP contribution < -0.4 is 30.2 Å². The highest BCUT2D eigenvalue weighted by Gasteiger charge is 2.34. The molecule has 0 saturated heterocycles. The van der Waals surface area contributed by atoms with Crippen molar-refractivity contribution in [1.82, 2.24) is 10.6 Å². The van der Waals surface area contributed by atoms with E-state index in [0.717, 1.165) is 0 Å². The number of benzene rings is 2. The van der Waals surface area contributed by atoms with Crippen LogP contribution in [0.2, 0.25) is 0 Å². The lowest BCUT2D eigenvalue weighted by Crippen LogP contribution is -2.46. The SMILES string of the molecule is COc1ccccc1NC(=O)C1=C(C)NC(=O)N[C@@H]1c1cccc(OC)c1OC. The number of carbonyl (C=O) groups excluding carboxylic acids is 2. The Morgan fingerprint density at radius 1 is 0.966 bits per heavy atom. The quantitative estimate of drug-likeness (QED) is 0.696. The molecule has 1 aliphatic heterocycles. The molecule has 152 valence electrons. The molecule has 2 aromatic rings. The Morgan fingerprint density at radius 3 is 2.34 bits per heavy atom. The van der Waals surface area contributed by atoms with Crippen molar-refractivity contribution in [2.45, 2.75) is 13.0 Å². The Balaban J connectivity index is 2.04. The summed E-state index contributed by atoms with van der Waals surface area (Å²) in [5.41, 5.74) is 1.91. The second kappa shape index (κ2) is 8.55. The maximum atomic E-state index is 13.2. The van der Waals surface area contributed by atoms with Gasteiger partial charge in [0.25, 0.3) is 5.91 Å². The largest absolute Gasteiger partial charge is 0.495 e. The van der Waals surface area contributed by atoms with Gasteiger partial charge in [0, 0.05) is 11.3 Å². The number of amides is 3. The van der Waals surface area contributed by atoms with Crippen molar-refractivity contribution < 1.29 is 23.8 Å². The normalized spacial score (nSPS) is 15.9. The standard InChI is InChI=1S/C21H23N3O5/c1-12-17(20(25)23-14-9-5-6-10-15(14)27-2)18(24-21(26)22-12)13-8-7-11-16(28-3)19(13)29-4/h5-11,18H,1-4H3,(H,23,25)(H2,22,24,26)/t18-/m1/s1. The van der Waals surface area contributed by atoms with E-state index in [4.69, 9.17) is 14.2 Å². The summed E-state index contributed by atoms with van der Waals surface area (Å²) < 4.78 is 16.2. The first-order valence-corrected chi connectivity index (χ1v) is 8.93. The number of ether oxygens (including phenoxy) is 3. The molecule has 0 fully saturated rings. The van der Waals surface area contributed by atoms with Crippen LogP contribution in [0.4, 0.5) is 10.5 Å². The Morgan fingerprint density at radius 2 is 1.66 bits per heavy atom. The molecule has 0 spiro atoms. The van der Waals surface area contributed by atoms with Crippen LogP contribution in [0.1, 0.15) is 18.5 Å². The van der Waals surface area contributed by atoms with Gasteiger partial charge in [-0.2, -0.15) is 0 Å². The number of hydrogen-bond acceptors (Lipinski definition) is 5. The molecule has 2 aromatic carbocycles. The topological polar surface area (TPSA) is 97.9 Å². The highest BCUT2D eigenvalue weighted by atomic mass is 16.5. The average Bonchev–Trinajstić information content (AvgIpc) is 2.72. The van der Waals surface area contributed by atoms with Gasteiger partial charge in [-0.3, -0.25) is 4.79 Å². The summed E-state index contributed by atoms with van der Waals surface area (Å²) in [4.78, 5) is 25.4. The Labute approximate surface area is 168 Å². The second-order valence-electron chi connectivity index (χ2n) is 6.31. The monoisotopic (exact) mass is 397 g/mol. The summed E-state index contributed by atoms with van der Waals surface area (Å²) in [5.74, 6) is 1.09. The van der Waals surface area contributed by atoms with Crippen molar-refractivity contribution in [2.75, 3.05) is 26.6 Å². The fourth-order valence-corrected chi connectivity index (χ4v) is 3.30. The lowest BCUT2D eigenvalue weighted by molar-refractivity contribution is -0.113. The van der Waals surface area contributed by atoms with Crippen LogP contribution in [0.15, 0.2) is 53.7 Å². The van der Waals surface area contributed by atoms with Gasteiger partial charge in [-0.15, -0.1) is 0 Å². The number of nitrogens with one attached hydrogen (secondary N) is 3. The van der Waals surface area contributed by atoms with Gasteiger partial charge in [0.05, 0.1) is 38.6 Å². The van der Waals surface area contributed by atoms with E-state index in [9.17, 15) is 9.59 Å². The molecule has 29 heavy (non-hydrogen) atoms. The van der Waals surface area contributed by atoms with E-state index in [1.54, 1.807) is 43.3 Å². The molecule has 3 N–H and O–H groups in total. The molecule has 3 rings (SSSR count). The molecule has 0 unspecified atom stereocenters. The van der Waals surface area contributed by atoms with Crippen LogP contribution in [0.25, 0.3) is 0 Å². The number of methoxy groups -OCH3 is 3. The molecule has 8 heteroatoms. The van der Waals surface area contributed by atoms with Crippen molar-refractivity contribution in [1.29, 1.82) is 0 Å². The first kappa shape index (κ1) is 20.1. The highest BCUT2D eigenvalue weighted by molar-refractivity contribution is 6.07. The lowest BCUT2D eigenvalue weighted by Gasteiger charge is -2.30. The Bertz CT molecular complexity index is 971. The summed E-state index contributed by atoms with van der Waals surface area (Å²) >= 11 is 0. The van der Waals surface area contributed by atoms with Crippen LogP contribution in [-0.4, -0.2) is 33.3 Å². The van der Waals surface area contributed by atoms with Gasteiger partial charge in [-0.05, 0) is 25.1 Å². The van der Waals surface area contributed by atoms with Crippen molar-refractivity contribution in [3.8, 4) is 17.2 Å². The molecule has 3 amide bonds. The van der Waals surface area contributed by atoms with Gasteiger partial charge in [-0.1, -0.05) is 24.3 Å². The summed E-state index contributed by atoms with van der Waals surface area (Å²) in [5, 5.41) is 8.31. The summed E-state index contributed by atoms with van der Waals surface area (Å²) in [6.07, 6.45) is 0. The van der Waals surface area contributed by atoms with Gasteiger partial charge in [-0.25, -0.2) is 4.79 Å². The van der Waals surface area contributed by atoms with E-state index in [1.165, 1.54) is 21.3 Å². The molecule has 0 saturated carbocycles. The third kappa shape index (κ3) is 3.96. The zero-order valence-corrected chi connectivity index (χ0v) is 16.7. The fraction of sp³-hybridized carbons (Fsp3) is 0.238.